The number of thiazole rings is 1. The number of carbonyl (C=O) groups is 1. The molecule has 0 unspecified atom stereocenters. The lowest BCUT2D eigenvalue weighted by atomic mass is 9.92. The van der Waals surface area contributed by atoms with E-state index in [1.54, 1.807) is 23.7 Å². The maximum absolute atomic E-state index is 11.8. The number of ketones is 1. The van der Waals surface area contributed by atoms with Crippen molar-refractivity contribution in [2.75, 3.05) is 5.75 Å². The molecule has 0 aliphatic heterocycles. The summed E-state index contributed by atoms with van der Waals surface area (Å²) in [5.74, 6) is 0.733. The normalized spacial score (nSPS) is 11.9. The molecule has 0 bridgehead atoms. The van der Waals surface area contributed by atoms with Gasteiger partial charge in [0, 0.05) is 11.6 Å². The van der Waals surface area contributed by atoms with Crippen LogP contribution in [-0.4, -0.2) is 21.5 Å². The number of carbonyl (C=O) groups excluding carboxylic acids is 1. The Morgan fingerprint density at radius 1 is 1.47 bits per heavy atom. The lowest BCUT2D eigenvalue weighted by Crippen LogP contribution is -2.21. The monoisotopic (exact) mass is 266 g/mol. The molecule has 0 aliphatic rings. The van der Waals surface area contributed by atoms with Crippen molar-refractivity contribution in [2.24, 2.45) is 5.41 Å². The molecule has 2 aromatic heterocycles. The highest BCUT2D eigenvalue weighted by Crippen LogP contribution is 2.30. The number of aromatic nitrogens is 2. The number of Topliss-reactive ketones (excluding diaryl/α,β-unsaturated/α-hetero) is 1. The fourth-order valence-electron chi connectivity index (χ4n) is 1.16. The second-order valence-electron chi connectivity index (χ2n) is 4.79. The molecule has 0 saturated carbocycles. The number of hydrogen-bond donors (Lipinski definition) is 0. The van der Waals surface area contributed by atoms with Gasteiger partial charge in [-0.05, 0) is 6.07 Å². The van der Waals surface area contributed by atoms with Gasteiger partial charge in [0.05, 0.1) is 16.6 Å². The Hall–Kier alpha value is -0.940. The summed E-state index contributed by atoms with van der Waals surface area (Å²) in [4.78, 5) is 20.3. The van der Waals surface area contributed by atoms with E-state index in [1.165, 1.54) is 11.8 Å². The Labute approximate surface area is 109 Å². The molecular weight excluding hydrogens is 252 g/mol. The third kappa shape index (κ3) is 3.04. The minimum atomic E-state index is -0.273. The van der Waals surface area contributed by atoms with Gasteiger partial charge in [-0.25, -0.2) is 4.98 Å². The predicted octanol–water partition coefficient (Wildman–Crippen LogP) is 3.40. The summed E-state index contributed by atoms with van der Waals surface area (Å²) in [6.07, 6.45) is 3.51. The number of pyridine rings is 1. The van der Waals surface area contributed by atoms with Crippen LogP contribution in [0.4, 0.5) is 0 Å². The van der Waals surface area contributed by atoms with Gasteiger partial charge in [-0.3, -0.25) is 9.78 Å². The molecule has 2 rings (SSSR count). The lowest BCUT2D eigenvalue weighted by Gasteiger charge is -2.15. The van der Waals surface area contributed by atoms with Crippen molar-refractivity contribution < 1.29 is 4.79 Å². The largest absolute Gasteiger partial charge is 0.298 e. The Kier molecular flexibility index (Phi) is 3.49. The van der Waals surface area contributed by atoms with Gasteiger partial charge < -0.3 is 0 Å². The fraction of sp³-hybridized carbons (Fsp3) is 0.417. The van der Waals surface area contributed by atoms with Crippen LogP contribution in [0.25, 0.3) is 10.2 Å². The van der Waals surface area contributed by atoms with Crippen LogP contribution in [0.15, 0.2) is 22.8 Å². The van der Waals surface area contributed by atoms with Gasteiger partial charge in [-0.15, -0.1) is 11.3 Å². The number of fused-ring (bicyclic) bond motifs is 1. The van der Waals surface area contributed by atoms with E-state index in [2.05, 4.69) is 9.97 Å². The van der Waals surface area contributed by atoms with Gasteiger partial charge in [0.25, 0.3) is 0 Å². The SMILES string of the molecule is CC(C)(C)C(=O)CSc1nc2cnccc2s1. The maximum Gasteiger partial charge on any atom is 0.151 e. The molecule has 3 nitrogen and oxygen atoms in total. The van der Waals surface area contributed by atoms with E-state index in [-0.39, 0.29) is 11.2 Å². The van der Waals surface area contributed by atoms with E-state index >= 15 is 0 Å². The van der Waals surface area contributed by atoms with Gasteiger partial charge in [-0.2, -0.15) is 0 Å². The highest BCUT2D eigenvalue weighted by atomic mass is 32.2. The fourth-order valence-corrected chi connectivity index (χ4v) is 3.36. The van der Waals surface area contributed by atoms with Crippen LogP contribution in [0.5, 0.6) is 0 Å². The molecule has 2 heterocycles. The average Bonchev–Trinajstić information content (AvgIpc) is 2.66. The molecule has 0 aliphatic carbocycles. The molecular formula is C12H14N2OS2. The zero-order valence-electron chi connectivity index (χ0n) is 10.1. The first kappa shape index (κ1) is 12.5. The molecule has 0 saturated heterocycles. The van der Waals surface area contributed by atoms with Crippen LogP contribution in [0.3, 0.4) is 0 Å². The Balaban J connectivity index is 2.07. The second-order valence-corrected chi connectivity index (χ2v) is 7.04. The smallest absolute Gasteiger partial charge is 0.151 e. The molecule has 5 heteroatoms. The summed E-state index contributed by atoms with van der Waals surface area (Å²) in [7, 11) is 0. The Morgan fingerprint density at radius 3 is 2.88 bits per heavy atom. The number of rotatable bonds is 3. The third-order valence-electron chi connectivity index (χ3n) is 2.33. The molecule has 0 spiro atoms. The van der Waals surface area contributed by atoms with E-state index in [4.69, 9.17) is 0 Å². The Morgan fingerprint density at radius 2 is 2.24 bits per heavy atom. The van der Waals surface area contributed by atoms with E-state index in [1.807, 2.05) is 26.8 Å². The van der Waals surface area contributed by atoms with Crippen molar-refractivity contribution in [3.8, 4) is 0 Å². The summed E-state index contributed by atoms with van der Waals surface area (Å²) in [6, 6.07) is 1.95. The van der Waals surface area contributed by atoms with Crippen LogP contribution < -0.4 is 0 Å². The summed E-state index contributed by atoms with van der Waals surface area (Å²) >= 11 is 3.12. The molecule has 0 amide bonds. The van der Waals surface area contributed by atoms with Crippen molar-refractivity contribution in [3.63, 3.8) is 0 Å². The first-order chi connectivity index (χ1) is 7.97. The van der Waals surface area contributed by atoms with Crippen molar-refractivity contribution in [1.82, 2.24) is 9.97 Å². The summed E-state index contributed by atoms with van der Waals surface area (Å²) in [5.41, 5.74) is 0.633. The topological polar surface area (TPSA) is 42.9 Å². The molecule has 2 aromatic rings. The molecule has 0 fully saturated rings. The van der Waals surface area contributed by atoms with Crippen LogP contribution in [-0.2, 0) is 4.79 Å². The number of thioether (sulfide) groups is 1. The summed E-state index contributed by atoms with van der Waals surface area (Å²) in [6.45, 7) is 5.83. The molecule has 90 valence electrons. The van der Waals surface area contributed by atoms with Gasteiger partial charge in [0.2, 0.25) is 0 Å². The minimum absolute atomic E-state index is 0.250. The van der Waals surface area contributed by atoms with Crippen LogP contribution in [0.2, 0.25) is 0 Å². The first-order valence-corrected chi connectivity index (χ1v) is 7.14. The van der Waals surface area contributed by atoms with E-state index in [9.17, 15) is 4.79 Å². The lowest BCUT2D eigenvalue weighted by molar-refractivity contribution is -0.123. The predicted molar refractivity (Wildman–Crippen MR) is 72.6 cm³/mol. The molecule has 0 aromatic carbocycles. The van der Waals surface area contributed by atoms with Gasteiger partial charge in [-0.1, -0.05) is 32.5 Å². The molecule has 0 N–H and O–H groups in total. The average molecular weight is 266 g/mol. The second kappa shape index (κ2) is 4.74. The third-order valence-corrected chi connectivity index (χ3v) is 4.51. The number of nitrogens with zero attached hydrogens (tertiary/aromatic N) is 2. The van der Waals surface area contributed by atoms with Crippen molar-refractivity contribution in [1.29, 1.82) is 0 Å². The van der Waals surface area contributed by atoms with Crippen molar-refractivity contribution in [3.05, 3.63) is 18.5 Å². The molecule has 17 heavy (non-hydrogen) atoms. The highest BCUT2D eigenvalue weighted by Gasteiger charge is 2.21. The summed E-state index contributed by atoms with van der Waals surface area (Å²) < 4.78 is 2.05. The van der Waals surface area contributed by atoms with E-state index in [0.717, 1.165) is 14.6 Å². The van der Waals surface area contributed by atoms with Crippen molar-refractivity contribution in [2.45, 2.75) is 25.1 Å². The van der Waals surface area contributed by atoms with Gasteiger partial charge in [0.15, 0.2) is 4.34 Å². The highest BCUT2D eigenvalue weighted by molar-refractivity contribution is 8.01. The Bertz CT molecular complexity index is 510. The van der Waals surface area contributed by atoms with Crippen LogP contribution >= 0.6 is 23.1 Å². The zero-order chi connectivity index (χ0) is 12.5. The standard InChI is InChI=1S/C12H14N2OS2/c1-12(2,3)10(15)7-16-11-14-8-6-13-5-4-9(8)17-11/h4-6H,7H2,1-3H3. The van der Waals surface area contributed by atoms with E-state index < -0.39 is 0 Å². The van der Waals surface area contributed by atoms with E-state index in [0.29, 0.717) is 5.75 Å². The van der Waals surface area contributed by atoms with Crippen LogP contribution in [0, 0.1) is 5.41 Å². The first-order valence-electron chi connectivity index (χ1n) is 5.33. The minimum Gasteiger partial charge on any atom is -0.298 e. The van der Waals surface area contributed by atoms with Crippen molar-refractivity contribution >= 4 is 39.1 Å². The molecule has 0 radical (unpaired) electrons. The maximum atomic E-state index is 11.8. The molecule has 0 atom stereocenters. The van der Waals surface area contributed by atoms with Crippen LogP contribution in [0.1, 0.15) is 20.8 Å². The van der Waals surface area contributed by atoms with Gasteiger partial charge >= 0.3 is 0 Å². The summed E-state index contributed by atoms with van der Waals surface area (Å²) in [5, 5.41) is 0. The zero-order valence-corrected chi connectivity index (χ0v) is 11.7. The quantitative estimate of drug-likeness (QED) is 0.799. The van der Waals surface area contributed by atoms with Gasteiger partial charge in [0.1, 0.15) is 11.3 Å². The number of hydrogen-bond acceptors (Lipinski definition) is 5.